The molecule has 1 aromatic rings. The first kappa shape index (κ1) is 13.6. The summed E-state index contributed by atoms with van der Waals surface area (Å²) in [5.74, 6) is -1.13. The highest BCUT2D eigenvalue weighted by Crippen LogP contribution is 2.20. The van der Waals surface area contributed by atoms with Crippen molar-refractivity contribution in [3.63, 3.8) is 0 Å². The second-order valence-electron chi connectivity index (χ2n) is 4.94. The molecule has 4 heteroatoms. The normalized spacial score (nSPS) is 24.2. The van der Waals surface area contributed by atoms with E-state index in [1.54, 1.807) is 12.1 Å². The van der Waals surface area contributed by atoms with E-state index in [9.17, 15) is 15.2 Å². The fraction of sp³-hybridized carbons (Fsp3) is 0.467. The Kier molecular flexibility index (Phi) is 4.53. The van der Waals surface area contributed by atoms with Crippen molar-refractivity contribution in [2.45, 2.75) is 43.7 Å². The van der Waals surface area contributed by atoms with Crippen molar-refractivity contribution >= 4 is 5.91 Å². The number of nitriles is 1. The zero-order chi connectivity index (χ0) is 13.7. The molecule has 0 saturated heterocycles. The van der Waals surface area contributed by atoms with Crippen LogP contribution in [0.3, 0.4) is 0 Å². The molecular weight excluding hydrogens is 240 g/mol. The van der Waals surface area contributed by atoms with Gasteiger partial charge in [-0.1, -0.05) is 43.2 Å². The predicted molar refractivity (Wildman–Crippen MR) is 71.2 cm³/mol. The summed E-state index contributed by atoms with van der Waals surface area (Å²) in [6.45, 7) is 0. The van der Waals surface area contributed by atoms with E-state index in [0.29, 0.717) is 12.0 Å². The highest BCUT2D eigenvalue weighted by molar-refractivity contribution is 5.86. The lowest BCUT2D eigenvalue weighted by molar-refractivity contribution is -0.123. The maximum atomic E-state index is 12.1. The summed E-state index contributed by atoms with van der Waals surface area (Å²) in [6.07, 6.45) is 3.00. The Morgan fingerprint density at radius 1 is 1.32 bits per heavy atom. The van der Waals surface area contributed by atoms with Crippen molar-refractivity contribution in [3.8, 4) is 6.07 Å². The summed E-state index contributed by atoms with van der Waals surface area (Å²) in [5.41, 5.74) is 0.688. The van der Waals surface area contributed by atoms with Crippen LogP contribution in [0.1, 0.15) is 37.2 Å². The number of hydrogen-bond acceptors (Lipinski definition) is 3. The van der Waals surface area contributed by atoms with Crippen LogP contribution in [0.25, 0.3) is 0 Å². The smallest absolute Gasteiger partial charge is 0.242 e. The van der Waals surface area contributed by atoms with Crippen LogP contribution >= 0.6 is 0 Å². The number of nitrogens with one attached hydrogen (secondary N) is 1. The van der Waals surface area contributed by atoms with Crippen LogP contribution in [0.4, 0.5) is 0 Å². The number of hydrogen-bond donors (Lipinski definition) is 2. The fourth-order valence-electron chi connectivity index (χ4n) is 2.48. The van der Waals surface area contributed by atoms with Crippen LogP contribution in [-0.2, 0) is 4.79 Å². The highest BCUT2D eigenvalue weighted by Gasteiger charge is 2.28. The molecule has 0 aliphatic heterocycles. The average molecular weight is 258 g/mol. The van der Waals surface area contributed by atoms with Gasteiger partial charge in [0.05, 0.1) is 18.2 Å². The molecule has 1 saturated carbocycles. The largest absolute Gasteiger partial charge is 0.391 e. The topological polar surface area (TPSA) is 73.1 Å². The van der Waals surface area contributed by atoms with E-state index in [4.69, 9.17) is 0 Å². The molecule has 1 aromatic carbocycles. The Bertz CT molecular complexity index is 467. The summed E-state index contributed by atoms with van der Waals surface area (Å²) in [4.78, 5) is 12.1. The van der Waals surface area contributed by atoms with Crippen LogP contribution < -0.4 is 5.32 Å². The van der Waals surface area contributed by atoms with Gasteiger partial charge in [-0.15, -0.1) is 0 Å². The second-order valence-corrected chi connectivity index (χ2v) is 4.94. The van der Waals surface area contributed by atoms with Gasteiger partial charge in [0, 0.05) is 0 Å². The monoisotopic (exact) mass is 258 g/mol. The van der Waals surface area contributed by atoms with E-state index >= 15 is 0 Å². The summed E-state index contributed by atoms with van der Waals surface area (Å²) in [7, 11) is 0. The minimum atomic E-state index is -0.810. The molecule has 0 spiro atoms. The first-order valence-electron chi connectivity index (χ1n) is 6.65. The SMILES string of the molecule is N#CC(C(=O)NC1CCCCC1O)c1ccccc1. The van der Waals surface area contributed by atoms with Crippen molar-refractivity contribution in [1.82, 2.24) is 5.32 Å². The number of aliphatic hydroxyl groups excluding tert-OH is 1. The lowest BCUT2D eigenvalue weighted by Crippen LogP contribution is -2.46. The molecule has 1 fully saturated rings. The van der Waals surface area contributed by atoms with E-state index in [1.807, 2.05) is 24.3 Å². The van der Waals surface area contributed by atoms with Crippen LogP contribution in [0.2, 0.25) is 0 Å². The van der Waals surface area contributed by atoms with Gasteiger partial charge in [0.15, 0.2) is 0 Å². The third kappa shape index (κ3) is 3.33. The van der Waals surface area contributed by atoms with E-state index in [-0.39, 0.29) is 11.9 Å². The van der Waals surface area contributed by atoms with Gasteiger partial charge >= 0.3 is 0 Å². The second kappa shape index (κ2) is 6.35. The Morgan fingerprint density at radius 2 is 2.00 bits per heavy atom. The molecule has 2 N–H and O–H groups in total. The standard InChI is InChI=1S/C15H18N2O2/c16-10-12(11-6-2-1-3-7-11)15(19)17-13-8-4-5-9-14(13)18/h1-3,6-7,12-14,18H,4-5,8-9H2,(H,17,19). The van der Waals surface area contributed by atoms with Gasteiger partial charge < -0.3 is 10.4 Å². The van der Waals surface area contributed by atoms with Crippen molar-refractivity contribution in [3.05, 3.63) is 35.9 Å². The first-order chi connectivity index (χ1) is 9.22. The van der Waals surface area contributed by atoms with Crippen LogP contribution in [0.5, 0.6) is 0 Å². The van der Waals surface area contributed by atoms with Crippen molar-refractivity contribution in [1.29, 1.82) is 5.26 Å². The zero-order valence-electron chi connectivity index (χ0n) is 10.7. The third-order valence-corrected chi connectivity index (χ3v) is 3.58. The Balaban J connectivity index is 2.04. The molecule has 0 radical (unpaired) electrons. The minimum Gasteiger partial charge on any atom is -0.391 e. The number of rotatable bonds is 3. The maximum absolute atomic E-state index is 12.1. The first-order valence-corrected chi connectivity index (χ1v) is 6.65. The average Bonchev–Trinajstić information content (AvgIpc) is 2.43. The molecule has 3 atom stereocenters. The van der Waals surface area contributed by atoms with Crippen LogP contribution in [0, 0.1) is 11.3 Å². The molecule has 19 heavy (non-hydrogen) atoms. The summed E-state index contributed by atoms with van der Waals surface area (Å²) < 4.78 is 0. The Labute approximate surface area is 113 Å². The molecule has 100 valence electrons. The van der Waals surface area contributed by atoms with Gasteiger partial charge in [0.25, 0.3) is 0 Å². The van der Waals surface area contributed by atoms with Gasteiger partial charge in [0.1, 0.15) is 5.92 Å². The van der Waals surface area contributed by atoms with Gasteiger partial charge in [0.2, 0.25) is 5.91 Å². The molecule has 1 aliphatic rings. The number of amides is 1. The van der Waals surface area contributed by atoms with E-state index in [0.717, 1.165) is 19.3 Å². The highest BCUT2D eigenvalue weighted by atomic mass is 16.3. The molecule has 0 heterocycles. The lowest BCUT2D eigenvalue weighted by Gasteiger charge is -2.29. The van der Waals surface area contributed by atoms with Gasteiger partial charge in [-0.2, -0.15) is 5.26 Å². The van der Waals surface area contributed by atoms with Crippen molar-refractivity contribution in [2.75, 3.05) is 0 Å². The van der Waals surface area contributed by atoms with E-state index in [2.05, 4.69) is 5.32 Å². The molecule has 4 nitrogen and oxygen atoms in total. The lowest BCUT2D eigenvalue weighted by atomic mass is 9.91. The summed E-state index contributed by atoms with van der Waals surface area (Å²) in [6, 6.07) is 10.8. The number of aliphatic hydroxyl groups is 1. The Hall–Kier alpha value is -1.86. The predicted octanol–water partition coefficient (Wildman–Crippen LogP) is 1.71. The molecular formula is C15H18N2O2. The molecule has 3 unspecified atom stereocenters. The molecule has 0 bridgehead atoms. The van der Waals surface area contributed by atoms with Crippen molar-refractivity contribution < 1.29 is 9.90 Å². The summed E-state index contributed by atoms with van der Waals surface area (Å²) >= 11 is 0. The third-order valence-electron chi connectivity index (χ3n) is 3.58. The molecule has 1 aliphatic carbocycles. The number of carbonyl (C=O) groups is 1. The van der Waals surface area contributed by atoms with E-state index in [1.165, 1.54) is 0 Å². The number of benzene rings is 1. The van der Waals surface area contributed by atoms with Crippen molar-refractivity contribution in [2.24, 2.45) is 0 Å². The van der Waals surface area contributed by atoms with E-state index < -0.39 is 12.0 Å². The quantitative estimate of drug-likeness (QED) is 0.867. The van der Waals surface area contributed by atoms with Crippen LogP contribution in [0.15, 0.2) is 30.3 Å². The summed E-state index contributed by atoms with van der Waals surface area (Å²) in [5, 5.41) is 21.8. The van der Waals surface area contributed by atoms with Gasteiger partial charge in [-0.25, -0.2) is 0 Å². The molecule has 0 aromatic heterocycles. The van der Waals surface area contributed by atoms with Crippen LogP contribution in [-0.4, -0.2) is 23.2 Å². The molecule has 2 rings (SSSR count). The number of nitrogens with zero attached hydrogens (tertiary/aromatic N) is 1. The fourth-order valence-corrected chi connectivity index (χ4v) is 2.48. The Morgan fingerprint density at radius 3 is 2.63 bits per heavy atom. The molecule has 1 amide bonds. The maximum Gasteiger partial charge on any atom is 0.242 e. The van der Waals surface area contributed by atoms with Gasteiger partial charge in [-0.3, -0.25) is 4.79 Å². The zero-order valence-corrected chi connectivity index (χ0v) is 10.7. The van der Waals surface area contributed by atoms with Gasteiger partial charge in [-0.05, 0) is 18.4 Å². The number of carbonyl (C=O) groups excluding carboxylic acids is 1. The minimum absolute atomic E-state index is 0.221.